The SMILES string of the molecule is C=CC1=C(C)CCC1CCCCC. The Morgan fingerprint density at radius 1 is 1.46 bits per heavy atom. The molecular weight excluding hydrogens is 156 g/mol. The Kier molecular flexibility index (Phi) is 4.27. The number of hydrogen-bond acceptors (Lipinski definition) is 0. The Morgan fingerprint density at radius 2 is 2.23 bits per heavy atom. The molecule has 1 aliphatic rings. The van der Waals surface area contributed by atoms with Crippen molar-refractivity contribution in [2.75, 3.05) is 0 Å². The molecule has 0 radical (unpaired) electrons. The van der Waals surface area contributed by atoms with Crippen LogP contribution in [-0.2, 0) is 0 Å². The van der Waals surface area contributed by atoms with E-state index in [1.54, 1.807) is 11.1 Å². The standard InChI is InChI=1S/C13H22/c1-4-6-7-8-12-10-9-11(3)13(12)5-2/h5,12H,2,4,6-10H2,1,3H3. The summed E-state index contributed by atoms with van der Waals surface area (Å²) in [6.45, 7) is 8.44. The molecule has 0 heteroatoms. The van der Waals surface area contributed by atoms with Crippen LogP contribution in [0.3, 0.4) is 0 Å². The summed E-state index contributed by atoms with van der Waals surface area (Å²) in [6, 6.07) is 0. The van der Waals surface area contributed by atoms with Crippen molar-refractivity contribution in [2.45, 2.75) is 52.4 Å². The molecular formula is C13H22. The van der Waals surface area contributed by atoms with Gasteiger partial charge in [-0.25, -0.2) is 0 Å². The molecule has 0 aromatic heterocycles. The zero-order valence-corrected chi connectivity index (χ0v) is 9.10. The minimum Gasteiger partial charge on any atom is -0.0988 e. The molecule has 0 nitrogen and oxygen atoms in total. The number of unbranched alkanes of at least 4 members (excludes halogenated alkanes) is 2. The summed E-state index contributed by atoms with van der Waals surface area (Å²) in [5.41, 5.74) is 3.13. The van der Waals surface area contributed by atoms with Gasteiger partial charge in [-0.05, 0) is 37.7 Å². The second-order valence-corrected chi connectivity index (χ2v) is 4.17. The fourth-order valence-corrected chi connectivity index (χ4v) is 2.32. The third kappa shape index (κ3) is 2.72. The maximum absolute atomic E-state index is 3.91. The highest BCUT2D eigenvalue weighted by atomic mass is 14.2. The summed E-state index contributed by atoms with van der Waals surface area (Å²) in [5.74, 6) is 0.837. The summed E-state index contributed by atoms with van der Waals surface area (Å²) < 4.78 is 0. The van der Waals surface area contributed by atoms with Crippen molar-refractivity contribution in [3.8, 4) is 0 Å². The second kappa shape index (κ2) is 5.26. The predicted molar refractivity (Wildman–Crippen MR) is 59.8 cm³/mol. The monoisotopic (exact) mass is 178 g/mol. The highest BCUT2D eigenvalue weighted by Crippen LogP contribution is 2.35. The predicted octanol–water partition coefficient (Wildman–Crippen LogP) is 4.48. The lowest BCUT2D eigenvalue weighted by Gasteiger charge is -2.11. The molecule has 13 heavy (non-hydrogen) atoms. The first-order chi connectivity index (χ1) is 6.29. The van der Waals surface area contributed by atoms with E-state index >= 15 is 0 Å². The number of rotatable bonds is 5. The van der Waals surface area contributed by atoms with Crippen LogP contribution in [0.5, 0.6) is 0 Å². The van der Waals surface area contributed by atoms with Crippen molar-refractivity contribution in [3.63, 3.8) is 0 Å². The van der Waals surface area contributed by atoms with Crippen LogP contribution in [0.1, 0.15) is 52.4 Å². The normalized spacial score (nSPS) is 22.5. The molecule has 0 spiro atoms. The van der Waals surface area contributed by atoms with Gasteiger partial charge in [0.15, 0.2) is 0 Å². The van der Waals surface area contributed by atoms with Crippen molar-refractivity contribution in [1.82, 2.24) is 0 Å². The van der Waals surface area contributed by atoms with Crippen LogP contribution >= 0.6 is 0 Å². The van der Waals surface area contributed by atoms with E-state index in [9.17, 15) is 0 Å². The van der Waals surface area contributed by atoms with Crippen molar-refractivity contribution in [2.24, 2.45) is 5.92 Å². The van der Waals surface area contributed by atoms with Crippen LogP contribution in [0, 0.1) is 5.92 Å². The molecule has 1 unspecified atom stereocenters. The van der Waals surface area contributed by atoms with Gasteiger partial charge < -0.3 is 0 Å². The smallest absolute Gasteiger partial charge is 0.0160 e. The number of hydrogen-bond donors (Lipinski definition) is 0. The molecule has 0 N–H and O–H groups in total. The molecule has 0 saturated heterocycles. The zero-order valence-electron chi connectivity index (χ0n) is 9.10. The fourth-order valence-electron chi connectivity index (χ4n) is 2.32. The molecule has 0 saturated carbocycles. The average Bonchev–Trinajstić information content (AvgIpc) is 2.47. The van der Waals surface area contributed by atoms with Crippen LogP contribution in [0.4, 0.5) is 0 Å². The minimum absolute atomic E-state index is 0.837. The van der Waals surface area contributed by atoms with Gasteiger partial charge in [0, 0.05) is 0 Å². The molecule has 1 atom stereocenters. The van der Waals surface area contributed by atoms with E-state index in [1.807, 2.05) is 0 Å². The van der Waals surface area contributed by atoms with Crippen molar-refractivity contribution >= 4 is 0 Å². The largest absolute Gasteiger partial charge is 0.0988 e. The summed E-state index contributed by atoms with van der Waals surface area (Å²) in [6.07, 6.45) is 10.3. The molecule has 0 aliphatic heterocycles. The van der Waals surface area contributed by atoms with Gasteiger partial charge in [0.2, 0.25) is 0 Å². The second-order valence-electron chi connectivity index (χ2n) is 4.17. The van der Waals surface area contributed by atoms with Crippen molar-refractivity contribution < 1.29 is 0 Å². The average molecular weight is 178 g/mol. The van der Waals surface area contributed by atoms with Gasteiger partial charge in [-0.2, -0.15) is 0 Å². The van der Waals surface area contributed by atoms with Gasteiger partial charge in [0.25, 0.3) is 0 Å². The topological polar surface area (TPSA) is 0 Å². The molecule has 74 valence electrons. The molecule has 0 aromatic rings. The molecule has 0 heterocycles. The first-order valence-electron chi connectivity index (χ1n) is 5.61. The maximum atomic E-state index is 3.91. The summed E-state index contributed by atoms with van der Waals surface area (Å²) in [4.78, 5) is 0. The molecule has 0 aromatic carbocycles. The van der Waals surface area contributed by atoms with E-state index in [2.05, 4.69) is 26.5 Å². The van der Waals surface area contributed by atoms with E-state index < -0.39 is 0 Å². The molecule has 1 aliphatic carbocycles. The first kappa shape index (κ1) is 10.6. The lowest BCUT2D eigenvalue weighted by molar-refractivity contribution is 0.519. The number of allylic oxidation sites excluding steroid dienone is 3. The van der Waals surface area contributed by atoms with Gasteiger partial charge in [-0.15, -0.1) is 0 Å². The van der Waals surface area contributed by atoms with Crippen molar-refractivity contribution in [3.05, 3.63) is 23.8 Å². The third-order valence-corrected chi connectivity index (χ3v) is 3.18. The van der Waals surface area contributed by atoms with E-state index in [0.29, 0.717) is 0 Å². The fraction of sp³-hybridized carbons (Fsp3) is 0.692. The molecule has 1 rings (SSSR count). The van der Waals surface area contributed by atoms with Gasteiger partial charge in [-0.1, -0.05) is 44.4 Å². The highest BCUT2D eigenvalue weighted by Gasteiger charge is 2.19. The first-order valence-corrected chi connectivity index (χ1v) is 5.61. The Morgan fingerprint density at radius 3 is 2.85 bits per heavy atom. The quantitative estimate of drug-likeness (QED) is 0.544. The molecule has 0 fully saturated rings. The van der Waals surface area contributed by atoms with Gasteiger partial charge in [0.1, 0.15) is 0 Å². The Labute approximate surface area is 82.7 Å². The molecule has 0 bridgehead atoms. The van der Waals surface area contributed by atoms with E-state index in [4.69, 9.17) is 0 Å². The van der Waals surface area contributed by atoms with Crippen LogP contribution in [0.15, 0.2) is 23.8 Å². The van der Waals surface area contributed by atoms with E-state index in [0.717, 1.165) is 5.92 Å². The summed E-state index contributed by atoms with van der Waals surface area (Å²) in [5, 5.41) is 0. The summed E-state index contributed by atoms with van der Waals surface area (Å²) >= 11 is 0. The Hall–Kier alpha value is -0.520. The maximum Gasteiger partial charge on any atom is -0.0160 e. The zero-order chi connectivity index (χ0) is 9.68. The van der Waals surface area contributed by atoms with E-state index in [1.165, 1.54) is 38.5 Å². The van der Waals surface area contributed by atoms with Crippen LogP contribution < -0.4 is 0 Å². The lowest BCUT2D eigenvalue weighted by atomic mass is 9.94. The lowest BCUT2D eigenvalue weighted by Crippen LogP contribution is -1.97. The van der Waals surface area contributed by atoms with Crippen LogP contribution in [0.25, 0.3) is 0 Å². The van der Waals surface area contributed by atoms with Gasteiger partial charge in [-0.3, -0.25) is 0 Å². The van der Waals surface area contributed by atoms with E-state index in [-0.39, 0.29) is 0 Å². The highest BCUT2D eigenvalue weighted by molar-refractivity contribution is 5.29. The molecule has 0 amide bonds. The minimum atomic E-state index is 0.837. The summed E-state index contributed by atoms with van der Waals surface area (Å²) in [7, 11) is 0. The Balaban J connectivity index is 2.39. The van der Waals surface area contributed by atoms with Gasteiger partial charge in [0.05, 0.1) is 0 Å². The van der Waals surface area contributed by atoms with Crippen LogP contribution in [0.2, 0.25) is 0 Å². The van der Waals surface area contributed by atoms with Gasteiger partial charge >= 0.3 is 0 Å². The van der Waals surface area contributed by atoms with Crippen molar-refractivity contribution in [1.29, 1.82) is 0 Å². The third-order valence-electron chi connectivity index (χ3n) is 3.18. The Bertz CT molecular complexity index is 198. The van der Waals surface area contributed by atoms with Crippen LogP contribution in [-0.4, -0.2) is 0 Å².